The molecule has 0 spiro atoms. The highest BCUT2D eigenvalue weighted by Gasteiger charge is 2.19. The number of anilines is 1. The molecule has 114 valence electrons. The predicted molar refractivity (Wildman–Crippen MR) is 82.6 cm³/mol. The van der Waals surface area contributed by atoms with Crippen molar-refractivity contribution >= 4 is 22.7 Å². The summed E-state index contributed by atoms with van der Waals surface area (Å²) in [5, 5.41) is 17.6. The van der Waals surface area contributed by atoms with Gasteiger partial charge in [0.2, 0.25) is 0 Å². The number of carboxylic acid groups (broad SMARTS) is 1. The number of nitrogens with one attached hydrogen (secondary N) is 1. The number of nitrogens with zero attached hydrogens (tertiary/aromatic N) is 3. The molecule has 2 rings (SSSR count). The first kappa shape index (κ1) is 15.3. The molecule has 6 nitrogen and oxygen atoms in total. The summed E-state index contributed by atoms with van der Waals surface area (Å²) in [4.78, 5) is 15.6. The molecule has 2 N–H and O–H groups in total. The molecule has 0 bridgehead atoms. The number of aromatic nitrogens is 3. The summed E-state index contributed by atoms with van der Waals surface area (Å²) < 4.78 is 1.64. The lowest BCUT2D eigenvalue weighted by atomic mass is 10.00. The Morgan fingerprint density at radius 2 is 2.14 bits per heavy atom. The number of fused-ring (bicyclic) bond motifs is 1. The number of rotatable bonds is 6. The summed E-state index contributed by atoms with van der Waals surface area (Å²) in [5.41, 5.74) is 1.47. The third kappa shape index (κ3) is 3.15. The highest BCUT2D eigenvalue weighted by molar-refractivity contribution is 6.03. The van der Waals surface area contributed by atoms with Gasteiger partial charge in [-0.15, -0.1) is 0 Å². The molecule has 6 heteroatoms. The van der Waals surface area contributed by atoms with E-state index >= 15 is 0 Å². The zero-order chi connectivity index (χ0) is 15.6. The van der Waals surface area contributed by atoms with Crippen LogP contribution >= 0.6 is 0 Å². The first-order valence-corrected chi connectivity index (χ1v) is 7.24. The van der Waals surface area contributed by atoms with Gasteiger partial charge in [0.15, 0.2) is 5.65 Å². The van der Waals surface area contributed by atoms with Crippen molar-refractivity contribution in [2.45, 2.75) is 39.7 Å². The van der Waals surface area contributed by atoms with Crippen LogP contribution in [0.3, 0.4) is 0 Å². The van der Waals surface area contributed by atoms with E-state index in [0.29, 0.717) is 17.3 Å². The number of pyridine rings is 1. The fourth-order valence-corrected chi connectivity index (χ4v) is 2.49. The SMILES string of the molecule is CCC(C)CC(C)Nc1c(C(=O)O)cnc2c1cnn2C. The lowest BCUT2D eigenvalue weighted by Gasteiger charge is -2.20. The van der Waals surface area contributed by atoms with Gasteiger partial charge in [0, 0.05) is 19.3 Å². The van der Waals surface area contributed by atoms with E-state index in [1.54, 1.807) is 17.9 Å². The molecule has 2 unspecified atom stereocenters. The Morgan fingerprint density at radius 3 is 2.76 bits per heavy atom. The lowest BCUT2D eigenvalue weighted by molar-refractivity contribution is 0.0697. The number of aryl methyl sites for hydroxylation is 1. The van der Waals surface area contributed by atoms with E-state index in [-0.39, 0.29) is 11.6 Å². The van der Waals surface area contributed by atoms with Gasteiger partial charge in [-0.1, -0.05) is 20.3 Å². The van der Waals surface area contributed by atoms with Crippen molar-refractivity contribution < 1.29 is 9.90 Å². The summed E-state index contributed by atoms with van der Waals surface area (Å²) in [5.74, 6) is -0.390. The van der Waals surface area contributed by atoms with Crippen LogP contribution in [0.1, 0.15) is 44.0 Å². The van der Waals surface area contributed by atoms with Crippen LogP contribution in [-0.2, 0) is 7.05 Å². The minimum absolute atomic E-state index is 0.184. The summed E-state index contributed by atoms with van der Waals surface area (Å²) in [6, 6.07) is 0.184. The molecule has 0 aliphatic carbocycles. The van der Waals surface area contributed by atoms with Gasteiger partial charge < -0.3 is 10.4 Å². The van der Waals surface area contributed by atoms with Crippen LogP contribution in [0.2, 0.25) is 0 Å². The second kappa shape index (κ2) is 6.11. The van der Waals surface area contributed by atoms with Gasteiger partial charge >= 0.3 is 5.97 Å². The third-order valence-electron chi connectivity index (χ3n) is 3.84. The number of hydrogen-bond acceptors (Lipinski definition) is 4. The largest absolute Gasteiger partial charge is 0.478 e. The summed E-state index contributed by atoms with van der Waals surface area (Å²) in [6.45, 7) is 6.43. The fourth-order valence-electron chi connectivity index (χ4n) is 2.49. The molecular weight excluding hydrogens is 268 g/mol. The average molecular weight is 290 g/mol. The van der Waals surface area contributed by atoms with Crippen molar-refractivity contribution in [3.8, 4) is 0 Å². The van der Waals surface area contributed by atoms with Crippen LogP contribution in [0.4, 0.5) is 5.69 Å². The minimum atomic E-state index is -0.980. The Morgan fingerprint density at radius 1 is 1.43 bits per heavy atom. The Hall–Kier alpha value is -2.11. The van der Waals surface area contributed by atoms with Crippen molar-refractivity contribution in [1.29, 1.82) is 0 Å². The van der Waals surface area contributed by atoms with Crippen LogP contribution < -0.4 is 5.32 Å². The highest BCUT2D eigenvalue weighted by Crippen LogP contribution is 2.27. The maximum atomic E-state index is 11.4. The average Bonchev–Trinajstić information content (AvgIpc) is 2.80. The molecule has 2 atom stereocenters. The zero-order valence-corrected chi connectivity index (χ0v) is 12.9. The topological polar surface area (TPSA) is 80.0 Å². The quantitative estimate of drug-likeness (QED) is 0.855. The van der Waals surface area contributed by atoms with Crippen molar-refractivity contribution in [1.82, 2.24) is 14.8 Å². The zero-order valence-electron chi connectivity index (χ0n) is 12.9. The lowest BCUT2D eigenvalue weighted by Crippen LogP contribution is -2.20. The first-order chi connectivity index (χ1) is 9.93. The van der Waals surface area contributed by atoms with Crippen LogP contribution in [0.5, 0.6) is 0 Å². The predicted octanol–water partition coefficient (Wildman–Crippen LogP) is 2.90. The van der Waals surface area contributed by atoms with Gasteiger partial charge in [-0.3, -0.25) is 4.68 Å². The molecule has 0 radical (unpaired) electrons. The molecule has 0 amide bonds. The minimum Gasteiger partial charge on any atom is -0.478 e. The van der Waals surface area contributed by atoms with Crippen LogP contribution in [0.25, 0.3) is 11.0 Å². The van der Waals surface area contributed by atoms with Gasteiger partial charge in [-0.25, -0.2) is 9.78 Å². The summed E-state index contributed by atoms with van der Waals surface area (Å²) in [7, 11) is 1.79. The molecule has 0 aliphatic rings. The molecule has 0 aliphatic heterocycles. The maximum Gasteiger partial charge on any atom is 0.339 e. The van der Waals surface area contributed by atoms with Gasteiger partial charge in [0.25, 0.3) is 0 Å². The second-order valence-corrected chi connectivity index (χ2v) is 5.65. The van der Waals surface area contributed by atoms with Gasteiger partial charge in [-0.2, -0.15) is 5.10 Å². The molecule has 0 saturated heterocycles. The standard InChI is InChI=1S/C15H22N4O2/c1-5-9(2)6-10(3)18-13-11-8-17-19(4)14(11)16-7-12(13)15(20)21/h7-10H,5-6H2,1-4H3,(H,16,18)(H,20,21). The van der Waals surface area contributed by atoms with E-state index in [0.717, 1.165) is 18.2 Å². The molecule has 2 aromatic rings. The maximum absolute atomic E-state index is 11.4. The molecule has 2 aromatic heterocycles. The highest BCUT2D eigenvalue weighted by atomic mass is 16.4. The van der Waals surface area contributed by atoms with Gasteiger partial charge in [0.05, 0.1) is 17.3 Å². The molecule has 0 saturated carbocycles. The third-order valence-corrected chi connectivity index (χ3v) is 3.84. The Labute approximate surface area is 124 Å². The van der Waals surface area contributed by atoms with Gasteiger partial charge in [-0.05, 0) is 19.3 Å². The van der Waals surface area contributed by atoms with E-state index in [9.17, 15) is 9.90 Å². The summed E-state index contributed by atoms with van der Waals surface area (Å²) in [6.07, 6.45) is 5.15. The number of aromatic carboxylic acids is 1. The van der Waals surface area contributed by atoms with Crippen molar-refractivity contribution in [2.75, 3.05) is 5.32 Å². The summed E-state index contributed by atoms with van der Waals surface area (Å²) >= 11 is 0. The fraction of sp³-hybridized carbons (Fsp3) is 0.533. The van der Waals surface area contributed by atoms with Crippen molar-refractivity contribution in [3.63, 3.8) is 0 Å². The molecule has 21 heavy (non-hydrogen) atoms. The number of carbonyl (C=O) groups is 1. The van der Waals surface area contributed by atoms with E-state index < -0.39 is 5.97 Å². The number of carboxylic acids is 1. The molecule has 0 aromatic carbocycles. The van der Waals surface area contributed by atoms with E-state index in [1.165, 1.54) is 6.20 Å². The smallest absolute Gasteiger partial charge is 0.339 e. The van der Waals surface area contributed by atoms with Crippen molar-refractivity contribution in [3.05, 3.63) is 18.0 Å². The van der Waals surface area contributed by atoms with E-state index in [2.05, 4.69) is 36.2 Å². The Balaban J connectivity index is 2.39. The van der Waals surface area contributed by atoms with E-state index in [4.69, 9.17) is 0 Å². The molecular formula is C15H22N4O2. The molecule has 2 heterocycles. The first-order valence-electron chi connectivity index (χ1n) is 7.24. The molecule has 0 fully saturated rings. The second-order valence-electron chi connectivity index (χ2n) is 5.65. The van der Waals surface area contributed by atoms with Crippen LogP contribution in [0, 0.1) is 5.92 Å². The Kier molecular flexibility index (Phi) is 4.45. The van der Waals surface area contributed by atoms with E-state index in [1.807, 2.05) is 0 Å². The normalized spacial score (nSPS) is 14.1. The number of hydrogen-bond donors (Lipinski definition) is 2. The monoisotopic (exact) mass is 290 g/mol. The Bertz CT molecular complexity index is 650. The van der Waals surface area contributed by atoms with Gasteiger partial charge in [0.1, 0.15) is 5.56 Å². The van der Waals surface area contributed by atoms with Crippen LogP contribution in [0.15, 0.2) is 12.4 Å². The van der Waals surface area contributed by atoms with Crippen LogP contribution in [-0.4, -0.2) is 31.9 Å². The van der Waals surface area contributed by atoms with Crippen molar-refractivity contribution in [2.24, 2.45) is 13.0 Å².